The summed E-state index contributed by atoms with van der Waals surface area (Å²) in [7, 11) is 3.10. The number of hydrogen-bond donors (Lipinski definition) is 1. The molecule has 2 rings (SSSR count). The van der Waals surface area contributed by atoms with Crippen molar-refractivity contribution in [3.63, 3.8) is 0 Å². The SMILES string of the molecule is COc1ccc(OC)c([C@@H](C)NC(=O)COC(=O)c2cc(C)no2)c1. The molecule has 134 valence electrons. The normalized spacial score (nSPS) is 11.5. The quantitative estimate of drug-likeness (QED) is 0.764. The molecule has 8 heteroatoms. The molecule has 1 heterocycles. The second kappa shape index (κ2) is 8.18. The van der Waals surface area contributed by atoms with Crippen LogP contribution in [-0.4, -0.2) is 37.9 Å². The molecule has 0 unspecified atom stereocenters. The summed E-state index contributed by atoms with van der Waals surface area (Å²) in [6, 6.07) is 6.35. The Kier molecular flexibility index (Phi) is 5.99. The highest BCUT2D eigenvalue weighted by Crippen LogP contribution is 2.29. The van der Waals surface area contributed by atoms with Gasteiger partial charge in [0.05, 0.1) is 26.0 Å². The maximum absolute atomic E-state index is 12.0. The Hall–Kier alpha value is -3.03. The third kappa shape index (κ3) is 4.72. The fourth-order valence-electron chi connectivity index (χ4n) is 2.20. The van der Waals surface area contributed by atoms with E-state index in [1.807, 2.05) is 0 Å². The molecule has 0 saturated carbocycles. The van der Waals surface area contributed by atoms with Crippen LogP contribution in [-0.2, 0) is 9.53 Å². The van der Waals surface area contributed by atoms with Gasteiger partial charge in [0.2, 0.25) is 5.76 Å². The molecule has 1 amide bonds. The number of hydrogen-bond acceptors (Lipinski definition) is 7. The Morgan fingerprint density at radius 1 is 1.24 bits per heavy atom. The van der Waals surface area contributed by atoms with Crippen molar-refractivity contribution in [1.29, 1.82) is 0 Å². The number of nitrogens with zero attached hydrogens (tertiary/aromatic N) is 1. The average Bonchev–Trinajstić information content (AvgIpc) is 3.05. The smallest absolute Gasteiger partial charge is 0.377 e. The third-order valence-corrected chi connectivity index (χ3v) is 3.44. The van der Waals surface area contributed by atoms with Crippen molar-refractivity contribution in [2.24, 2.45) is 0 Å². The van der Waals surface area contributed by atoms with E-state index in [0.29, 0.717) is 17.2 Å². The average molecular weight is 348 g/mol. The van der Waals surface area contributed by atoms with Crippen molar-refractivity contribution >= 4 is 11.9 Å². The van der Waals surface area contributed by atoms with Gasteiger partial charge in [0, 0.05) is 11.6 Å². The van der Waals surface area contributed by atoms with E-state index in [9.17, 15) is 9.59 Å². The van der Waals surface area contributed by atoms with Gasteiger partial charge in [-0.15, -0.1) is 0 Å². The first kappa shape index (κ1) is 18.3. The lowest BCUT2D eigenvalue weighted by molar-refractivity contribution is -0.124. The number of amides is 1. The number of nitrogens with one attached hydrogen (secondary N) is 1. The number of benzene rings is 1. The largest absolute Gasteiger partial charge is 0.497 e. The Balaban J connectivity index is 1.95. The van der Waals surface area contributed by atoms with Crippen LogP contribution in [0, 0.1) is 6.92 Å². The van der Waals surface area contributed by atoms with Crippen molar-refractivity contribution in [3.8, 4) is 11.5 Å². The van der Waals surface area contributed by atoms with Crippen molar-refractivity contribution in [3.05, 3.63) is 41.3 Å². The zero-order valence-corrected chi connectivity index (χ0v) is 14.5. The molecule has 0 aliphatic rings. The van der Waals surface area contributed by atoms with E-state index < -0.39 is 18.5 Å². The molecule has 1 aromatic carbocycles. The molecule has 0 aliphatic carbocycles. The summed E-state index contributed by atoms with van der Waals surface area (Å²) in [5.41, 5.74) is 1.29. The number of ether oxygens (including phenoxy) is 3. The predicted molar refractivity (Wildman–Crippen MR) is 87.6 cm³/mol. The molecule has 1 aromatic heterocycles. The fourth-order valence-corrected chi connectivity index (χ4v) is 2.20. The number of rotatable bonds is 7. The summed E-state index contributed by atoms with van der Waals surface area (Å²) in [5.74, 6) is 0.00360. The lowest BCUT2D eigenvalue weighted by Crippen LogP contribution is -2.31. The predicted octanol–water partition coefficient (Wildman–Crippen LogP) is 2.03. The molecule has 2 aromatic rings. The maximum Gasteiger partial charge on any atom is 0.377 e. The van der Waals surface area contributed by atoms with Gasteiger partial charge in [0.15, 0.2) is 6.61 Å². The first-order chi connectivity index (χ1) is 11.9. The van der Waals surface area contributed by atoms with E-state index >= 15 is 0 Å². The molecule has 8 nitrogen and oxygen atoms in total. The van der Waals surface area contributed by atoms with Crippen LogP contribution in [0.5, 0.6) is 11.5 Å². The van der Waals surface area contributed by atoms with Crippen LogP contribution in [0.25, 0.3) is 0 Å². The lowest BCUT2D eigenvalue weighted by Gasteiger charge is -2.18. The molecule has 0 aliphatic heterocycles. The standard InChI is InChI=1S/C17H20N2O6/c1-10-7-15(25-19-10)17(21)24-9-16(20)18-11(2)13-8-12(22-3)5-6-14(13)23-4/h5-8,11H,9H2,1-4H3,(H,18,20)/t11-/m1/s1. The Labute approximate surface area is 145 Å². The molecule has 0 spiro atoms. The number of esters is 1. The number of carbonyl (C=O) groups excluding carboxylic acids is 2. The highest BCUT2D eigenvalue weighted by Gasteiger charge is 2.18. The van der Waals surface area contributed by atoms with E-state index in [-0.39, 0.29) is 11.8 Å². The van der Waals surface area contributed by atoms with Crippen LogP contribution in [0.4, 0.5) is 0 Å². The highest BCUT2D eigenvalue weighted by atomic mass is 16.6. The van der Waals surface area contributed by atoms with Crippen molar-refractivity contribution < 1.29 is 28.3 Å². The van der Waals surface area contributed by atoms with Gasteiger partial charge in [-0.05, 0) is 32.0 Å². The molecule has 1 atom stereocenters. The first-order valence-electron chi connectivity index (χ1n) is 7.56. The molecule has 0 radical (unpaired) electrons. The molecule has 0 saturated heterocycles. The van der Waals surface area contributed by atoms with E-state index in [2.05, 4.69) is 10.5 Å². The van der Waals surface area contributed by atoms with Crippen LogP contribution < -0.4 is 14.8 Å². The topological polar surface area (TPSA) is 99.9 Å². The molecule has 0 bridgehead atoms. The van der Waals surface area contributed by atoms with E-state index in [1.54, 1.807) is 46.3 Å². The van der Waals surface area contributed by atoms with Gasteiger partial charge >= 0.3 is 5.97 Å². The van der Waals surface area contributed by atoms with Crippen molar-refractivity contribution in [2.75, 3.05) is 20.8 Å². The lowest BCUT2D eigenvalue weighted by atomic mass is 10.1. The maximum atomic E-state index is 12.0. The minimum Gasteiger partial charge on any atom is -0.497 e. The number of carbonyl (C=O) groups is 2. The van der Waals surface area contributed by atoms with Gasteiger partial charge in [-0.25, -0.2) is 4.79 Å². The van der Waals surface area contributed by atoms with E-state index in [0.717, 1.165) is 5.56 Å². The molecular weight excluding hydrogens is 328 g/mol. The zero-order chi connectivity index (χ0) is 18.4. The van der Waals surface area contributed by atoms with Crippen molar-refractivity contribution in [1.82, 2.24) is 10.5 Å². The van der Waals surface area contributed by atoms with Crippen LogP contribution in [0.1, 0.15) is 34.8 Å². The molecule has 1 N–H and O–H groups in total. The minimum absolute atomic E-state index is 0.0483. The zero-order valence-electron chi connectivity index (χ0n) is 14.5. The summed E-state index contributed by atoms with van der Waals surface area (Å²) in [6.07, 6.45) is 0. The Bertz CT molecular complexity index is 755. The van der Waals surface area contributed by atoms with Gasteiger partial charge in [-0.1, -0.05) is 5.16 Å². The Morgan fingerprint density at radius 2 is 2.00 bits per heavy atom. The Morgan fingerprint density at radius 3 is 2.60 bits per heavy atom. The summed E-state index contributed by atoms with van der Waals surface area (Å²) in [4.78, 5) is 23.7. The molecular formula is C17H20N2O6. The second-order valence-corrected chi connectivity index (χ2v) is 5.31. The van der Waals surface area contributed by atoms with Crippen LogP contribution in [0.15, 0.2) is 28.8 Å². The van der Waals surface area contributed by atoms with Crippen LogP contribution >= 0.6 is 0 Å². The number of methoxy groups -OCH3 is 2. The number of aryl methyl sites for hydroxylation is 1. The second-order valence-electron chi connectivity index (χ2n) is 5.31. The number of aromatic nitrogens is 1. The monoisotopic (exact) mass is 348 g/mol. The van der Waals surface area contributed by atoms with Gasteiger partial charge in [-0.3, -0.25) is 4.79 Å². The van der Waals surface area contributed by atoms with Crippen molar-refractivity contribution in [2.45, 2.75) is 19.9 Å². The van der Waals surface area contributed by atoms with Gasteiger partial charge in [0.1, 0.15) is 11.5 Å². The summed E-state index contributed by atoms with van der Waals surface area (Å²) >= 11 is 0. The van der Waals surface area contributed by atoms with Crippen LogP contribution in [0.3, 0.4) is 0 Å². The van der Waals surface area contributed by atoms with E-state index in [1.165, 1.54) is 6.07 Å². The first-order valence-corrected chi connectivity index (χ1v) is 7.56. The summed E-state index contributed by atoms with van der Waals surface area (Å²) in [6.45, 7) is 3.03. The van der Waals surface area contributed by atoms with Gasteiger partial charge in [-0.2, -0.15) is 0 Å². The summed E-state index contributed by atoms with van der Waals surface area (Å²) < 4.78 is 20.2. The molecule has 25 heavy (non-hydrogen) atoms. The van der Waals surface area contributed by atoms with Gasteiger partial charge in [0.25, 0.3) is 5.91 Å². The van der Waals surface area contributed by atoms with E-state index in [4.69, 9.17) is 18.7 Å². The summed E-state index contributed by atoms with van der Waals surface area (Å²) in [5, 5.41) is 6.32. The highest BCUT2D eigenvalue weighted by molar-refractivity contribution is 5.88. The fraction of sp³-hybridized carbons (Fsp3) is 0.353. The van der Waals surface area contributed by atoms with Gasteiger partial charge < -0.3 is 24.1 Å². The third-order valence-electron chi connectivity index (χ3n) is 3.44. The minimum atomic E-state index is -0.748. The molecule has 0 fully saturated rings. The van der Waals surface area contributed by atoms with Crippen LogP contribution in [0.2, 0.25) is 0 Å².